The minimum absolute atomic E-state index is 0.0400. The molecule has 0 spiro atoms. The third-order valence-electron chi connectivity index (χ3n) is 3.29. The molecule has 0 aliphatic heterocycles. The number of rotatable bonds is 8. The largest absolute Gasteiger partial charge is 0.493 e. The van der Waals surface area contributed by atoms with Crippen LogP contribution in [0.2, 0.25) is 0 Å². The Bertz CT molecular complexity index is 509. The summed E-state index contributed by atoms with van der Waals surface area (Å²) in [5.41, 5.74) is 3.02. The SMILES string of the molecule is CCC(/C=N/NC(=O)c1ccc(OC(C)C)c(OC)c1)CC. The van der Waals surface area contributed by atoms with Crippen LogP contribution in [0.1, 0.15) is 50.9 Å². The van der Waals surface area contributed by atoms with Crippen LogP contribution in [0.3, 0.4) is 0 Å². The predicted octanol–water partition coefficient (Wildman–Crippen LogP) is 3.63. The first kappa shape index (κ1) is 18.0. The number of carbonyl (C=O) groups is 1. The molecule has 0 unspecified atom stereocenters. The van der Waals surface area contributed by atoms with Crippen molar-refractivity contribution in [1.82, 2.24) is 5.43 Å². The van der Waals surface area contributed by atoms with Crippen molar-refractivity contribution in [2.75, 3.05) is 7.11 Å². The zero-order valence-corrected chi connectivity index (χ0v) is 14.1. The van der Waals surface area contributed by atoms with Crippen molar-refractivity contribution in [3.05, 3.63) is 23.8 Å². The molecule has 122 valence electrons. The van der Waals surface area contributed by atoms with Crippen LogP contribution in [0.25, 0.3) is 0 Å². The summed E-state index contributed by atoms with van der Waals surface area (Å²) < 4.78 is 10.9. The molecule has 0 saturated carbocycles. The maximum absolute atomic E-state index is 12.1. The summed E-state index contributed by atoms with van der Waals surface area (Å²) in [6, 6.07) is 5.08. The fourth-order valence-corrected chi connectivity index (χ4v) is 1.93. The van der Waals surface area contributed by atoms with Gasteiger partial charge in [0, 0.05) is 11.8 Å². The van der Waals surface area contributed by atoms with Gasteiger partial charge in [-0.15, -0.1) is 0 Å². The Labute approximate surface area is 132 Å². The Kier molecular flexibility index (Phi) is 7.43. The second-order valence-corrected chi connectivity index (χ2v) is 5.33. The van der Waals surface area contributed by atoms with Crippen LogP contribution in [-0.4, -0.2) is 25.3 Å². The number of methoxy groups -OCH3 is 1. The van der Waals surface area contributed by atoms with E-state index in [1.165, 1.54) is 0 Å². The molecule has 1 amide bonds. The lowest BCUT2D eigenvalue weighted by Crippen LogP contribution is -2.18. The van der Waals surface area contributed by atoms with Gasteiger partial charge in [-0.05, 0) is 50.8 Å². The van der Waals surface area contributed by atoms with E-state index in [-0.39, 0.29) is 12.0 Å². The monoisotopic (exact) mass is 306 g/mol. The standard InChI is InChI=1S/C17H26N2O3/c1-6-13(7-2)11-18-19-17(20)14-8-9-15(22-12(3)4)16(10-14)21-5/h8-13H,6-7H2,1-5H3,(H,19,20)/b18-11+. The van der Waals surface area contributed by atoms with E-state index in [1.54, 1.807) is 31.5 Å². The highest BCUT2D eigenvalue weighted by molar-refractivity contribution is 5.95. The highest BCUT2D eigenvalue weighted by Gasteiger charge is 2.11. The maximum atomic E-state index is 12.1. The first-order valence-electron chi connectivity index (χ1n) is 7.69. The molecule has 0 aliphatic carbocycles. The molecular weight excluding hydrogens is 280 g/mol. The lowest BCUT2D eigenvalue weighted by Gasteiger charge is -2.14. The van der Waals surface area contributed by atoms with Gasteiger partial charge in [-0.2, -0.15) is 5.10 Å². The topological polar surface area (TPSA) is 59.9 Å². The lowest BCUT2D eigenvalue weighted by atomic mass is 10.1. The van der Waals surface area contributed by atoms with E-state index in [1.807, 2.05) is 13.8 Å². The van der Waals surface area contributed by atoms with Crippen molar-refractivity contribution in [3.63, 3.8) is 0 Å². The van der Waals surface area contributed by atoms with Gasteiger partial charge in [0.15, 0.2) is 11.5 Å². The van der Waals surface area contributed by atoms with Crippen LogP contribution in [0.4, 0.5) is 0 Å². The molecule has 0 atom stereocenters. The fourth-order valence-electron chi connectivity index (χ4n) is 1.93. The van der Waals surface area contributed by atoms with Gasteiger partial charge in [0.05, 0.1) is 13.2 Å². The van der Waals surface area contributed by atoms with E-state index in [0.717, 1.165) is 12.8 Å². The Hall–Kier alpha value is -2.04. The van der Waals surface area contributed by atoms with E-state index in [2.05, 4.69) is 24.4 Å². The number of hydrogen-bond acceptors (Lipinski definition) is 4. The van der Waals surface area contributed by atoms with Crippen LogP contribution in [0.5, 0.6) is 11.5 Å². The third kappa shape index (κ3) is 5.39. The van der Waals surface area contributed by atoms with E-state index in [9.17, 15) is 4.79 Å². The van der Waals surface area contributed by atoms with Gasteiger partial charge >= 0.3 is 0 Å². The van der Waals surface area contributed by atoms with Gasteiger partial charge in [-0.25, -0.2) is 5.43 Å². The van der Waals surface area contributed by atoms with Gasteiger partial charge in [0.25, 0.3) is 5.91 Å². The molecule has 5 nitrogen and oxygen atoms in total. The van der Waals surface area contributed by atoms with E-state index in [0.29, 0.717) is 23.0 Å². The lowest BCUT2D eigenvalue weighted by molar-refractivity contribution is 0.0954. The minimum Gasteiger partial charge on any atom is -0.493 e. The molecular formula is C17H26N2O3. The second-order valence-electron chi connectivity index (χ2n) is 5.33. The molecule has 0 heterocycles. The highest BCUT2D eigenvalue weighted by atomic mass is 16.5. The molecule has 5 heteroatoms. The zero-order valence-electron chi connectivity index (χ0n) is 14.1. The fraction of sp³-hybridized carbons (Fsp3) is 0.529. The zero-order chi connectivity index (χ0) is 16.5. The first-order valence-corrected chi connectivity index (χ1v) is 7.69. The van der Waals surface area contributed by atoms with Crippen LogP contribution >= 0.6 is 0 Å². The van der Waals surface area contributed by atoms with Gasteiger partial charge in [0.1, 0.15) is 0 Å². The number of nitrogens with zero attached hydrogens (tertiary/aromatic N) is 1. The van der Waals surface area contributed by atoms with Crippen molar-refractivity contribution < 1.29 is 14.3 Å². The van der Waals surface area contributed by atoms with Crippen LogP contribution < -0.4 is 14.9 Å². The third-order valence-corrected chi connectivity index (χ3v) is 3.29. The van der Waals surface area contributed by atoms with Gasteiger partial charge in [-0.1, -0.05) is 13.8 Å². The van der Waals surface area contributed by atoms with Crippen LogP contribution in [-0.2, 0) is 0 Å². The van der Waals surface area contributed by atoms with E-state index < -0.39 is 0 Å². The van der Waals surface area contributed by atoms with Gasteiger partial charge in [-0.3, -0.25) is 4.79 Å². The average molecular weight is 306 g/mol. The number of hydrazone groups is 1. The Morgan fingerprint density at radius 1 is 1.27 bits per heavy atom. The molecule has 1 N–H and O–H groups in total. The van der Waals surface area contributed by atoms with Gasteiger partial charge < -0.3 is 9.47 Å². The van der Waals surface area contributed by atoms with Crippen LogP contribution in [0.15, 0.2) is 23.3 Å². The number of carbonyl (C=O) groups excluding carboxylic acids is 1. The second kappa shape index (κ2) is 9.07. The molecule has 22 heavy (non-hydrogen) atoms. The molecule has 1 aromatic rings. The average Bonchev–Trinajstić information content (AvgIpc) is 2.51. The number of nitrogens with one attached hydrogen (secondary N) is 1. The molecule has 0 radical (unpaired) electrons. The summed E-state index contributed by atoms with van der Waals surface area (Å²) in [6.07, 6.45) is 3.83. The van der Waals surface area contributed by atoms with Crippen molar-refractivity contribution >= 4 is 12.1 Å². The molecule has 0 aromatic heterocycles. The number of ether oxygens (including phenoxy) is 2. The van der Waals surface area contributed by atoms with E-state index in [4.69, 9.17) is 9.47 Å². The smallest absolute Gasteiger partial charge is 0.271 e. The summed E-state index contributed by atoms with van der Waals surface area (Å²) in [5.74, 6) is 1.27. The summed E-state index contributed by atoms with van der Waals surface area (Å²) >= 11 is 0. The summed E-state index contributed by atoms with van der Waals surface area (Å²) in [5, 5.41) is 4.02. The number of hydrogen-bond donors (Lipinski definition) is 1. The minimum atomic E-state index is -0.267. The van der Waals surface area contributed by atoms with Crippen molar-refractivity contribution in [2.45, 2.75) is 46.6 Å². The summed E-state index contributed by atoms with van der Waals surface area (Å²) in [7, 11) is 1.55. The number of amides is 1. The summed E-state index contributed by atoms with van der Waals surface area (Å²) in [4.78, 5) is 12.1. The molecule has 1 aromatic carbocycles. The molecule has 0 bridgehead atoms. The Morgan fingerprint density at radius 2 is 1.95 bits per heavy atom. The normalized spacial score (nSPS) is 11.2. The van der Waals surface area contributed by atoms with Crippen molar-refractivity contribution in [3.8, 4) is 11.5 Å². The van der Waals surface area contributed by atoms with Crippen molar-refractivity contribution in [1.29, 1.82) is 0 Å². The molecule has 0 aliphatic rings. The first-order chi connectivity index (χ1) is 10.5. The predicted molar refractivity (Wildman–Crippen MR) is 88.8 cm³/mol. The quantitative estimate of drug-likeness (QED) is 0.589. The van der Waals surface area contributed by atoms with Crippen molar-refractivity contribution in [2.24, 2.45) is 11.0 Å². The van der Waals surface area contributed by atoms with E-state index >= 15 is 0 Å². The Balaban J connectivity index is 2.77. The summed E-state index contributed by atoms with van der Waals surface area (Å²) in [6.45, 7) is 8.07. The maximum Gasteiger partial charge on any atom is 0.271 e. The highest BCUT2D eigenvalue weighted by Crippen LogP contribution is 2.28. The molecule has 0 saturated heterocycles. The van der Waals surface area contributed by atoms with Gasteiger partial charge in [0.2, 0.25) is 0 Å². The molecule has 0 fully saturated rings. The Morgan fingerprint density at radius 3 is 2.50 bits per heavy atom. The number of benzene rings is 1. The van der Waals surface area contributed by atoms with Crippen LogP contribution in [0, 0.1) is 5.92 Å². The molecule has 1 rings (SSSR count).